The molecule has 0 aliphatic carbocycles. The van der Waals surface area contributed by atoms with Crippen molar-refractivity contribution in [2.45, 2.75) is 45.7 Å². The van der Waals surface area contributed by atoms with E-state index < -0.39 is 12.5 Å². The summed E-state index contributed by atoms with van der Waals surface area (Å²) in [5.41, 5.74) is 0.708. The summed E-state index contributed by atoms with van der Waals surface area (Å²) in [7, 11) is 0. The first-order valence-corrected chi connectivity index (χ1v) is 5.60. The minimum atomic E-state index is -2.36. The molecule has 1 rings (SSSR count). The highest BCUT2D eigenvalue weighted by Gasteiger charge is 2.20. The number of aromatic nitrogens is 2. The van der Waals surface area contributed by atoms with Crippen LogP contribution in [0.3, 0.4) is 0 Å². The second kappa shape index (κ2) is 5.94. The van der Waals surface area contributed by atoms with E-state index in [4.69, 9.17) is 0 Å². The summed E-state index contributed by atoms with van der Waals surface area (Å²) in [4.78, 5) is 0. The zero-order valence-corrected chi connectivity index (χ0v) is 9.95. The van der Waals surface area contributed by atoms with E-state index in [1.54, 1.807) is 10.7 Å². The van der Waals surface area contributed by atoms with Crippen LogP contribution in [0.5, 0.6) is 0 Å². The van der Waals surface area contributed by atoms with Crippen LogP contribution in [0.15, 0.2) is 12.3 Å². The lowest BCUT2D eigenvalue weighted by Gasteiger charge is -2.15. The Bertz CT molecular complexity index is 310. The summed E-state index contributed by atoms with van der Waals surface area (Å²) >= 11 is 0. The fourth-order valence-electron chi connectivity index (χ4n) is 1.51. The summed E-state index contributed by atoms with van der Waals surface area (Å²) in [6.45, 7) is 6.37. The number of halogens is 2. The van der Waals surface area contributed by atoms with Crippen molar-refractivity contribution in [2.75, 3.05) is 6.54 Å². The lowest BCUT2D eigenvalue weighted by atomic mass is 10.1. The van der Waals surface area contributed by atoms with Crippen molar-refractivity contribution in [1.82, 2.24) is 15.1 Å². The Morgan fingerprint density at radius 1 is 1.44 bits per heavy atom. The van der Waals surface area contributed by atoms with Crippen LogP contribution in [-0.2, 0) is 6.42 Å². The zero-order chi connectivity index (χ0) is 12.1. The first-order chi connectivity index (χ1) is 7.54. The summed E-state index contributed by atoms with van der Waals surface area (Å²) < 4.78 is 27.1. The summed E-state index contributed by atoms with van der Waals surface area (Å²) in [5, 5.41) is 7.03. The normalized spacial score (nSPS) is 13.7. The van der Waals surface area contributed by atoms with Gasteiger partial charge in [0.1, 0.15) is 0 Å². The second-order valence-corrected chi connectivity index (χ2v) is 4.08. The average molecular weight is 231 g/mol. The fourth-order valence-corrected chi connectivity index (χ4v) is 1.51. The molecule has 1 aromatic heterocycles. The maximum atomic E-state index is 12.6. The Morgan fingerprint density at radius 3 is 2.56 bits per heavy atom. The van der Waals surface area contributed by atoms with Gasteiger partial charge >= 0.3 is 0 Å². The first-order valence-electron chi connectivity index (χ1n) is 5.60. The average Bonchev–Trinajstić information content (AvgIpc) is 2.65. The van der Waals surface area contributed by atoms with Crippen LogP contribution < -0.4 is 5.32 Å². The van der Waals surface area contributed by atoms with E-state index in [2.05, 4.69) is 10.4 Å². The second-order valence-electron chi connectivity index (χ2n) is 4.08. The molecule has 1 N–H and O–H groups in total. The standard InChI is InChI=1S/C11H19F2N3/c1-4-14-10(11(12)13)7-9-5-6-16(15-9)8(2)3/h5-6,8,10-11,14H,4,7H2,1-3H3. The third-order valence-corrected chi connectivity index (χ3v) is 2.39. The lowest BCUT2D eigenvalue weighted by molar-refractivity contribution is 0.0985. The largest absolute Gasteiger partial charge is 0.309 e. The number of nitrogens with zero attached hydrogens (tertiary/aromatic N) is 2. The highest BCUT2D eigenvalue weighted by molar-refractivity contribution is 5.02. The van der Waals surface area contributed by atoms with Gasteiger partial charge in [-0.15, -0.1) is 0 Å². The molecular weight excluding hydrogens is 212 g/mol. The molecule has 0 bridgehead atoms. The molecule has 0 spiro atoms. The van der Waals surface area contributed by atoms with Gasteiger partial charge in [-0.1, -0.05) is 6.92 Å². The van der Waals surface area contributed by atoms with E-state index in [0.29, 0.717) is 12.2 Å². The number of alkyl halides is 2. The van der Waals surface area contributed by atoms with Crippen LogP contribution >= 0.6 is 0 Å². The van der Waals surface area contributed by atoms with Gasteiger partial charge < -0.3 is 5.32 Å². The molecule has 0 radical (unpaired) electrons. The van der Waals surface area contributed by atoms with Crippen molar-refractivity contribution in [3.8, 4) is 0 Å². The Kier molecular flexibility index (Phi) is 4.86. The van der Waals surface area contributed by atoms with Crippen molar-refractivity contribution in [3.05, 3.63) is 18.0 Å². The molecular formula is C11H19F2N3. The van der Waals surface area contributed by atoms with Gasteiger partial charge in [-0.2, -0.15) is 5.10 Å². The summed E-state index contributed by atoms with van der Waals surface area (Å²) in [5.74, 6) is 0. The molecule has 1 heterocycles. The topological polar surface area (TPSA) is 29.9 Å². The maximum absolute atomic E-state index is 12.6. The van der Waals surface area contributed by atoms with Crippen molar-refractivity contribution in [3.63, 3.8) is 0 Å². The van der Waals surface area contributed by atoms with Gasteiger partial charge in [0.15, 0.2) is 0 Å². The van der Waals surface area contributed by atoms with Crippen LogP contribution in [0.25, 0.3) is 0 Å². The van der Waals surface area contributed by atoms with Gasteiger partial charge in [0, 0.05) is 18.7 Å². The van der Waals surface area contributed by atoms with E-state index in [1.807, 2.05) is 27.0 Å². The van der Waals surface area contributed by atoms with Crippen molar-refractivity contribution in [2.24, 2.45) is 0 Å². The molecule has 0 aliphatic heterocycles. The van der Waals surface area contributed by atoms with Crippen LogP contribution in [0.2, 0.25) is 0 Å². The molecule has 3 nitrogen and oxygen atoms in total. The first kappa shape index (κ1) is 13.1. The number of nitrogens with one attached hydrogen (secondary N) is 1. The third-order valence-electron chi connectivity index (χ3n) is 2.39. The number of rotatable bonds is 6. The van der Waals surface area contributed by atoms with Gasteiger partial charge in [0.05, 0.1) is 11.7 Å². The van der Waals surface area contributed by atoms with Crippen molar-refractivity contribution >= 4 is 0 Å². The maximum Gasteiger partial charge on any atom is 0.254 e. The van der Waals surface area contributed by atoms with E-state index >= 15 is 0 Å². The minimum absolute atomic E-state index is 0.262. The molecule has 1 unspecified atom stereocenters. The molecule has 0 saturated heterocycles. The zero-order valence-electron chi connectivity index (χ0n) is 9.95. The van der Waals surface area contributed by atoms with Crippen LogP contribution in [0.4, 0.5) is 8.78 Å². The molecule has 0 fully saturated rings. The van der Waals surface area contributed by atoms with Gasteiger partial charge in [-0.3, -0.25) is 4.68 Å². The number of hydrogen-bond donors (Lipinski definition) is 1. The number of likely N-dealkylation sites (N-methyl/N-ethyl adjacent to an activating group) is 1. The monoisotopic (exact) mass is 231 g/mol. The molecule has 1 atom stereocenters. The Morgan fingerprint density at radius 2 is 2.12 bits per heavy atom. The minimum Gasteiger partial charge on any atom is -0.309 e. The molecule has 0 aromatic carbocycles. The Hall–Kier alpha value is -0.970. The quantitative estimate of drug-likeness (QED) is 0.813. The molecule has 5 heteroatoms. The molecule has 0 amide bonds. The van der Waals surface area contributed by atoms with E-state index in [1.165, 1.54) is 0 Å². The van der Waals surface area contributed by atoms with Crippen LogP contribution in [0, 0.1) is 0 Å². The predicted octanol–water partition coefficient (Wildman–Crippen LogP) is 2.25. The van der Waals surface area contributed by atoms with E-state index in [0.717, 1.165) is 0 Å². The fraction of sp³-hybridized carbons (Fsp3) is 0.727. The Labute approximate surface area is 94.8 Å². The molecule has 1 aromatic rings. The summed E-state index contributed by atoms with van der Waals surface area (Å²) in [6.07, 6.45) is -0.260. The molecule has 0 saturated carbocycles. The van der Waals surface area contributed by atoms with Crippen molar-refractivity contribution in [1.29, 1.82) is 0 Å². The van der Waals surface area contributed by atoms with Crippen LogP contribution in [0.1, 0.15) is 32.5 Å². The van der Waals surface area contributed by atoms with Crippen molar-refractivity contribution < 1.29 is 8.78 Å². The Balaban J connectivity index is 2.62. The summed E-state index contributed by atoms with van der Waals surface area (Å²) in [6, 6.07) is 1.26. The number of hydrogen-bond acceptors (Lipinski definition) is 2. The van der Waals surface area contributed by atoms with Gasteiger partial charge in [-0.25, -0.2) is 8.78 Å². The van der Waals surface area contributed by atoms with E-state index in [-0.39, 0.29) is 12.5 Å². The van der Waals surface area contributed by atoms with Gasteiger partial charge in [0.2, 0.25) is 0 Å². The molecule has 16 heavy (non-hydrogen) atoms. The van der Waals surface area contributed by atoms with Gasteiger partial charge in [-0.05, 0) is 26.5 Å². The molecule has 92 valence electrons. The smallest absolute Gasteiger partial charge is 0.254 e. The SMILES string of the molecule is CCNC(Cc1ccn(C(C)C)n1)C(F)F. The van der Waals surface area contributed by atoms with Gasteiger partial charge in [0.25, 0.3) is 6.43 Å². The highest BCUT2D eigenvalue weighted by Crippen LogP contribution is 2.10. The van der Waals surface area contributed by atoms with E-state index in [9.17, 15) is 8.78 Å². The predicted molar refractivity (Wildman–Crippen MR) is 59.8 cm³/mol. The highest BCUT2D eigenvalue weighted by atomic mass is 19.3. The molecule has 0 aliphatic rings. The van der Waals surface area contributed by atoms with Crippen LogP contribution in [-0.4, -0.2) is 28.8 Å². The third kappa shape index (κ3) is 3.56. The lowest BCUT2D eigenvalue weighted by Crippen LogP contribution is -2.37.